The Morgan fingerprint density at radius 2 is 2.11 bits per heavy atom. The van der Waals surface area contributed by atoms with E-state index in [2.05, 4.69) is 17.6 Å². The monoisotopic (exact) mass is 256 g/mol. The van der Waals surface area contributed by atoms with E-state index in [4.69, 9.17) is 5.11 Å². The van der Waals surface area contributed by atoms with Crippen LogP contribution in [-0.2, 0) is 4.79 Å². The molecule has 0 radical (unpaired) electrons. The van der Waals surface area contributed by atoms with E-state index in [1.807, 2.05) is 0 Å². The Morgan fingerprint density at radius 3 is 2.67 bits per heavy atom. The second kappa shape index (κ2) is 7.24. The first-order valence-electron chi connectivity index (χ1n) is 6.80. The van der Waals surface area contributed by atoms with Crippen LogP contribution in [0.15, 0.2) is 0 Å². The van der Waals surface area contributed by atoms with Crippen molar-refractivity contribution in [2.75, 3.05) is 6.54 Å². The molecule has 0 saturated heterocycles. The molecule has 0 heterocycles. The zero-order chi connectivity index (χ0) is 13.5. The number of urea groups is 1. The van der Waals surface area contributed by atoms with Crippen molar-refractivity contribution in [1.82, 2.24) is 10.6 Å². The maximum absolute atomic E-state index is 11.6. The summed E-state index contributed by atoms with van der Waals surface area (Å²) < 4.78 is 0. The number of carboxylic acid groups (broad SMARTS) is 1. The van der Waals surface area contributed by atoms with Gasteiger partial charge in [0.15, 0.2) is 0 Å². The van der Waals surface area contributed by atoms with Gasteiger partial charge in [0.25, 0.3) is 0 Å². The van der Waals surface area contributed by atoms with Crippen molar-refractivity contribution in [1.29, 1.82) is 0 Å². The molecule has 0 aromatic rings. The van der Waals surface area contributed by atoms with Crippen LogP contribution in [0.4, 0.5) is 4.79 Å². The lowest BCUT2D eigenvalue weighted by molar-refractivity contribution is -0.139. The number of hydrogen-bond acceptors (Lipinski definition) is 2. The van der Waals surface area contributed by atoms with Crippen molar-refractivity contribution in [3.05, 3.63) is 0 Å². The zero-order valence-corrected chi connectivity index (χ0v) is 11.2. The zero-order valence-electron chi connectivity index (χ0n) is 11.2. The molecule has 0 aromatic carbocycles. The van der Waals surface area contributed by atoms with Crippen molar-refractivity contribution in [2.24, 2.45) is 11.8 Å². The highest BCUT2D eigenvalue weighted by Gasteiger charge is 2.21. The minimum absolute atomic E-state index is 0.373. The maximum atomic E-state index is 11.6. The van der Waals surface area contributed by atoms with Crippen LogP contribution in [0.5, 0.6) is 0 Å². The fraction of sp³-hybridized carbons (Fsp3) is 0.846. The molecular weight excluding hydrogens is 232 g/mol. The number of hydrogen-bond donors (Lipinski definition) is 3. The van der Waals surface area contributed by atoms with Crippen molar-refractivity contribution >= 4 is 12.0 Å². The van der Waals surface area contributed by atoms with Gasteiger partial charge < -0.3 is 15.7 Å². The SMILES string of the molecule is CC[C@@H](NC(=O)NCC1CCCC(C)C1)C(=O)O. The third-order valence-electron chi connectivity index (χ3n) is 3.61. The maximum Gasteiger partial charge on any atom is 0.326 e. The molecule has 1 aliphatic carbocycles. The predicted molar refractivity (Wildman–Crippen MR) is 69.4 cm³/mol. The Balaban J connectivity index is 2.25. The smallest absolute Gasteiger partial charge is 0.326 e. The van der Waals surface area contributed by atoms with E-state index >= 15 is 0 Å². The van der Waals surface area contributed by atoms with E-state index in [0.29, 0.717) is 18.9 Å². The summed E-state index contributed by atoms with van der Waals surface area (Å²) in [5.41, 5.74) is 0. The first-order chi connectivity index (χ1) is 8.52. The highest BCUT2D eigenvalue weighted by Crippen LogP contribution is 2.27. The van der Waals surface area contributed by atoms with Gasteiger partial charge in [-0.3, -0.25) is 0 Å². The Morgan fingerprint density at radius 1 is 1.39 bits per heavy atom. The van der Waals surface area contributed by atoms with E-state index in [1.54, 1.807) is 6.92 Å². The molecule has 2 amide bonds. The molecule has 3 N–H and O–H groups in total. The lowest BCUT2D eigenvalue weighted by Gasteiger charge is -2.27. The van der Waals surface area contributed by atoms with E-state index in [0.717, 1.165) is 18.8 Å². The van der Waals surface area contributed by atoms with Crippen molar-refractivity contribution in [2.45, 2.75) is 52.0 Å². The fourth-order valence-electron chi connectivity index (χ4n) is 2.53. The molecule has 1 fully saturated rings. The van der Waals surface area contributed by atoms with Gasteiger partial charge >= 0.3 is 12.0 Å². The molecule has 3 atom stereocenters. The number of amides is 2. The minimum Gasteiger partial charge on any atom is -0.480 e. The lowest BCUT2D eigenvalue weighted by atomic mass is 9.82. The van der Waals surface area contributed by atoms with Gasteiger partial charge in [-0.1, -0.05) is 26.7 Å². The van der Waals surface area contributed by atoms with Crippen LogP contribution in [-0.4, -0.2) is 29.7 Å². The van der Waals surface area contributed by atoms with Gasteiger partial charge in [-0.25, -0.2) is 9.59 Å². The summed E-state index contributed by atoms with van der Waals surface area (Å²) >= 11 is 0. The highest BCUT2D eigenvalue weighted by atomic mass is 16.4. The molecule has 0 aromatic heterocycles. The Bertz CT molecular complexity index is 294. The van der Waals surface area contributed by atoms with Gasteiger partial charge in [-0.15, -0.1) is 0 Å². The van der Waals surface area contributed by atoms with E-state index in [-0.39, 0.29) is 6.03 Å². The summed E-state index contributed by atoms with van der Waals surface area (Å²) in [5.74, 6) is 0.277. The summed E-state index contributed by atoms with van der Waals surface area (Å²) in [6, 6.07) is -1.17. The number of carbonyl (C=O) groups is 2. The van der Waals surface area contributed by atoms with Crippen LogP contribution in [0.25, 0.3) is 0 Å². The molecule has 0 spiro atoms. The summed E-state index contributed by atoms with van der Waals surface area (Å²) in [5, 5.41) is 14.1. The summed E-state index contributed by atoms with van der Waals surface area (Å²) in [4.78, 5) is 22.3. The van der Waals surface area contributed by atoms with Crippen molar-refractivity contribution in [3.8, 4) is 0 Å². The number of carboxylic acids is 1. The normalized spacial score (nSPS) is 25.2. The molecule has 18 heavy (non-hydrogen) atoms. The number of nitrogens with one attached hydrogen (secondary N) is 2. The van der Waals surface area contributed by atoms with Crippen molar-refractivity contribution < 1.29 is 14.7 Å². The molecule has 1 aliphatic rings. The quantitative estimate of drug-likeness (QED) is 0.703. The van der Waals surface area contributed by atoms with Gasteiger partial charge in [-0.05, 0) is 31.1 Å². The summed E-state index contributed by atoms with van der Waals surface area (Å²) in [6.45, 7) is 4.62. The summed E-state index contributed by atoms with van der Waals surface area (Å²) in [6.07, 6.45) is 5.20. The van der Waals surface area contributed by atoms with Gasteiger partial charge in [0.2, 0.25) is 0 Å². The number of carbonyl (C=O) groups excluding carboxylic acids is 1. The van der Waals surface area contributed by atoms with Crippen LogP contribution in [0.1, 0.15) is 46.0 Å². The van der Waals surface area contributed by atoms with Crippen LogP contribution in [0, 0.1) is 11.8 Å². The Hall–Kier alpha value is -1.26. The average Bonchev–Trinajstić information content (AvgIpc) is 2.33. The molecule has 5 nitrogen and oxygen atoms in total. The minimum atomic E-state index is -0.987. The molecule has 1 saturated carbocycles. The van der Waals surface area contributed by atoms with Gasteiger partial charge in [0, 0.05) is 6.54 Å². The molecule has 1 rings (SSSR count). The second-order valence-corrected chi connectivity index (χ2v) is 5.29. The Kier molecular flexibility index (Phi) is 5.95. The fourth-order valence-corrected chi connectivity index (χ4v) is 2.53. The first-order valence-corrected chi connectivity index (χ1v) is 6.80. The van der Waals surface area contributed by atoms with Crippen LogP contribution < -0.4 is 10.6 Å². The molecular formula is C13H24N2O3. The standard InChI is InChI=1S/C13H24N2O3/c1-3-11(12(16)17)15-13(18)14-8-10-6-4-5-9(2)7-10/h9-11H,3-8H2,1-2H3,(H,16,17)(H2,14,15,18)/t9?,10?,11-/m1/s1. The highest BCUT2D eigenvalue weighted by molar-refractivity contribution is 5.82. The largest absolute Gasteiger partial charge is 0.480 e. The third kappa shape index (κ3) is 4.94. The number of rotatable bonds is 5. The van der Waals surface area contributed by atoms with Gasteiger partial charge in [0.05, 0.1) is 0 Å². The van der Waals surface area contributed by atoms with Crippen molar-refractivity contribution in [3.63, 3.8) is 0 Å². The molecule has 2 unspecified atom stereocenters. The van der Waals surface area contributed by atoms with Crippen LogP contribution >= 0.6 is 0 Å². The topological polar surface area (TPSA) is 78.4 Å². The van der Waals surface area contributed by atoms with E-state index < -0.39 is 12.0 Å². The molecule has 104 valence electrons. The van der Waals surface area contributed by atoms with E-state index in [1.165, 1.54) is 12.8 Å². The second-order valence-electron chi connectivity index (χ2n) is 5.29. The van der Waals surface area contributed by atoms with Crippen LogP contribution in [0.3, 0.4) is 0 Å². The number of aliphatic carboxylic acids is 1. The predicted octanol–water partition coefficient (Wildman–Crippen LogP) is 1.98. The van der Waals surface area contributed by atoms with Gasteiger partial charge in [0.1, 0.15) is 6.04 Å². The molecule has 0 bridgehead atoms. The van der Waals surface area contributed by atoms with E-state index in [9.17, 15) is 9.59 Å². The first kappa shape index (κ1) is 14.8. The third-order valence-corrected chi connectivity index (χ3v) is 3.61. The Labute approximate surface area is 108 Å². The average molecular weight is 256 g/mol. The molecule has 5 heteroatoms. The lowest BCUT2D eigenvalue weighted by Crippen LogP contribution is -2.47. The summed E-state index contributed by atoms with van der Waals surface area (Å²) in [7, 11) is 0. The van der Waals surface area contributed by atoms with Crippen LogP contribution in [0.2, 0.25) is 0 Å². The molecule has 0 aliphatic heterocycles. The van der Waals surface area contributed by atoms with Gasteiger partial charge in [-0.2, -0.15) is 0 Å².